The number of carbonyl (C=O) groups is 1. The third-order valence-corrected chi connectivity index (χ3v) is 4.91. The molecule has 0 unspecified atom stereocenters. The Labute approximate surface area is 171 Å². The van der Waals surface area contributed by atoms with Crippen molar-refractivity contribution in [2.75, 3.05) is 32.7 Å². The zero-order chi connectivity index (χ0) is 17.0. The van der Waals surface area contributed by atoms with Crippen LogP contribution in [0.25, 0.3) is 0 Å². The van der Waals surface area contributed by atoms with Crippen LogP contribution in [0.5, 0.6) is 0 Å². The maximum atomic E-state index is 11.5. The van der Waals surface area contributed by atoms with Crippen molar-refractivity contribution in [3.8, 4) is 0 Å². The van der Waals surface area contributed by atoms with Crippen LogP contribution in [0.2, 0.25) is 0 Å². The van der Waals surface area contributed by atoms with Gasteiger partial charge in [-0.05, 0) is 76.2 Å². The molecule has 1 fully saturated rings. The monoisotopic (exact) mass is 403 g/mol. The molecule has 0 aliphatic carbocycles. The third kappa shape index (κ3) is 10.4. The minimum Gasteiger partial charge on any atom is -0.356 e. The van der Waals surface area contributed by atoms with E-state index in [2.05, 4.69) is 40.5 Å². The number of piperidine rings is 1. The summed E-state index contributed by atoms with van der Waals surface area (Å²) in [5.41, 5.74) is 6.88. The van der Waals surface area contributed by atoms with Gasteiger partial charge >= 0.3 is 0 Å². The zero-order valence-corrected chi connectivity index (χ0v) is 17.3. The first-order valence-corrected chi connectivity index (χ1v) is 9.51. The average Bonchev–Trinajstić information content (AvgIpc) is 2.62. The first kappa shape index (κ1) is 25.2. The molecule has 150 valence electrons. The molecule has 2 rings (SSSR count). The van der Waals surface area contributed by atoms with Gasteiger partial charge in [0.2, 0.25) is 5.91 Å². The second-order valence-corrected chi connectivity index (χ2v) is 6.92. The first-order valence-electron chi connectivity index (χ1n) is 9.51. The SMILES string of the molecule is Cl.Cl.NCCCC(=O)NCCCCN1CCC(Cc2ccccc2)CC1. The number of amides is 1. The van der Waals surface area contributed by atoms with E-state index in [0.717, 1.165) is 31.8 Å². The molecular formula is C20H35Cl2N3O. The number of nitrogens with one attached hydrogen (secondary N) is 1. The lowest BCUT2D eigenvalue weighted by atomic mass is 9.90. The molecule has 0 bridgehead atoms. The van der Waals surface area contributed by atoms with Gasteiger partial charge in [0, 0.05) is 13.0 Å². The van der Waals surface area contributed by atoms with Crippen molar-refractivity contribution in [2.45, 2.75) is 44.9 Å². The lowest BCUT2D eigenvalue weighted by molar-refractivity contribution is -0.121. The number of rotatable bonds is 10. The maximum absolute atomic E-state index is 11.5. The predicted molar refractivity (Wildman–Crippen MR) is 114 cm³/mol. The molecular weight excluding hydrogens is 369 g/mol. The van der Waals surface area contributed by atoms with E-state index in [9.17, 15) is 4.79 Å². The average molecular weight is 404 g/mol. The number of hydrogen-bond acceptors (Lipinski definition) is 3. The molecule has 0 atom stereocenters. The fourth-order valence-corrected chi connectivity index (χ4v) is 3.40. The van der Waals surface area contributed by atoms with Gasteiger partial charge in [0.25, 0.3) is 0 Å². The molecule has 1 aromatic carbocycles. The van der Waals surface area contributed by atoms with Crippen molar-refractivity contribution in [3.05, 3.63) is 35.9 Å². The molecule has 1 heterocycles. The molecule has 0 spiro atoms. The van der Waals surface area contributed by atoms with Crippen molar-refractivity contribution in [3.63, 3.8) is 0 Å². The van der Waals surface area contributed by atoms with Gasteiger partial charge in [-0.1, -0.05) is 30.3 Å². The van der Waals surface area contributed by atoms with E-state index in [0.29, 0.717) is 13.0 Å². The Hall–Kier alpha value is -0.810. The quantitative estimate of drug-likeness (QED) is 0.588. The van der Waals surface area contributed by atoms with E-state index in [-0.39, 0.29) is 30.7 Å². The van der Waals surface area contributed by atoms with Gasteiger partial charge in [-0.2, -0.15) is 0 Å². The van der Waals surface area contributed by atoms with Crippen LogP contribution in [-0.4, -0.2) is 43.5 Å². The second kappa shape index (κ2) is 15.3. The summed E-state index contributed by atoms with van der Waals surface area (Å²) in [4.78, 5) is 14.1. The number of unbranched alkanes of at least 4 members (excludes halogenated alkanes) is 1. The summed E-state index contributed by atoms with van der Waals surface area (Å²) in [6, 6.07) is 10.9. The van der Waals surface area contributed by atoms with Crippen LogP contribution in [0.15, 0.2) is 30.3 Å². The highest BCUT2D eigenvalue weighted by Crippen LogP contribution is 2.21. The van der Waals surface area contributed by atoms with Crippen LogP contribution >= 0.6 is 24.8 Å². The van der Waals surface area contributed by atoms with Crippen LogP contribution in [0.1, 0.15) is 44.1 Å². The summed E-state index contributed by atoms with van der Waals surface area (Å²) in [5, 5.41) is 2.98. The summed E-state index contributed by atoms with van der Waals surface area (Å²) < 4.78 is 0. The molecule has 1 aliphatic heterocycles. The molecule has 0 radical (unpaired) electrons. The number of carbonyl (C=O) groups excluding carboxylic acids is 1. The van der Waals surface area contributed by atoms with E-state index in [1.54, 1.807) is 0 Å². The van der Waals surface area contributed by atoms with E-state index in [4.69, 9.17) is 5.73 Å². The van der Waals surface area contributed by atoms with Gasteiger partial charge in [-0.3, -0.25) is 4.79 Å². The van der Waals surface area contributed by atoms with Gasteiger partial charge in [0.05, 0.1) is 0 Å². The number of nitrogens with zero attached hydrogens (tertiary/aromatic N) is 1. The standard InChI is InChI=1S/C20H33N3O.2ClH/c21-12-6-9-20(24)22-13-4-5-14-23-15-10-19(11-16-23)17-18-7-2-1-3-8-18;;/h1-3,7-8,19H,4-6,9-17,21H2,(H,22,24);2*1H. The molecule has 1 aliphatic rings. The van der Waals surface area contributed by atoms with Gasteiger partial charge in [0.1, 0.15) is 0 Å². The van der Waals surface area contributed by atoms with E-state index in [1.807, 2.05) is 0 Å². The lowest BCUT2D eigenvalue weighted by Crippen LogP contribution is -2.35. The Bertz CT molecular complexity index is 465. The molecule has 3 N–H and O–H groups in total. The zero-order valence-electron chi connectivity index (χ0n) is 15.7. The highest BCUT2D eigenvalue weighted by molar-refractivity contribution is 5.85. The van der Waals surface area contributed by atoms with Crippen molar-refractivity contribution < 1.29 is 4.79 Å². The molecule has 1 aromatic rings. The second-order valence-electron chi connectivity index (χ2n) is 6.92. The van der Waals surface area contributed by atoms with Crippen molar-refractivity contribution in [2.24, 2.45) is 11.7 Å². The number of nitrogens with two attached hydrogens (primary N) is 1. The van der Waals surface area contributed by atoms with Crippen LogP contribution < -0.4 is 11.1 Å². The third-order valence-electron chi connectivity index (χ3n) is 4.91. The number of likely N-dealkylation sites (tertiary alicyclic amines) is 1. The minimum absolute atomic E-state index is 0. The Balaban J connectivity index is 0.00000312. The number of hydrogen-bond donors (Lipinski definition) is 2. The predicted octanol–water partition coefficient (Wildman–Crippen LogP) is 3.42. The molecule has 4 nitrogen and oxygen atoms in total. The number of benzene rings is 1. The summed E-state index contributed by atoms with van der Waals surface area (Å²) in [6.07, 6.45) is 7.42. The Morgan fingerprint density at radius 1 is 1.08 bits per heavy atom. The first-order chi connectivity index (χ1) is 11.8. The largest absolute Gasteiger partial charge is 0.356 e. The minimum atomic E-state index is 0. The number of halogens is 2. The fourth-order valence-electron chi connectivity index (χ4n) is 3.40. The van der Waals surface area contributed by atoms with Gasteiger partial charge in [-0.15, -0.1) is 24.8 Å². The molecule has 0 aromatic heterocycles. The molecule has 1 amide bonds. The van der Waals surface area contributed by atoms with Crippen LogP contribution in [0.4, 0.5) is 0 Å². The van der Waals surface area contributed by atoms with E-state index in [1.165, 1.54) is 44.3 Å². The van der Waals surface area contributed by atoms with Crippen molar-refractivity contribution in [1.82, 2.24) is 10.2 Å². The summed E-state index contributed by atoms with van der Waals surface area (Å²) in [7, 11) is 0. The highest BCUT2D eigenvalue weighted by Gasteiger charge is 2.18. The topological polar surface area (TPSA) is 58.4 Å². The summed E-state index contributed by atoms with van der Waals surface area (Å²) in [5.74, 6) is 0.979. The van der Waals surface area contributed by atoms with E-state index >= 15 is 0 Å². The van der Waals surface area contributed by atoms with Crippen LogP contribution in [0, 0.1) is 5.92 Å². The van der Waals surface area contributed by atoms with Crippen LogP contribution in [-0.2, 0) is 11.2 Å². The molecule has 26 heavy (non-hydrogen) atoms. The fraction of sp³-hybridized carbons (Fsp3) is 0.650. The van der Waals surface area contributed by atoms with Crippen LogP contribution in [0.3, 0.4) is 0 Å². The lowest BCUT2D eigenvalue weighted by Gasteiger charge is -2.32. The van der Waals surface area contributed by atoms with Gasteiger partial charge in [-0.25, -0.2) is 0 Å². The smallest absolute Gasteiger partial charge is 0.220 e. The van der Waals surface area contributed by atoms with Crippen molar-refractivity contribution in [1.29, 1.82) is 0 Å². The van der Waals surface area contributed by atoms with Gasteiger partial charge in [0.15, 0.2) is 0 Å². The van der Waals surface area contributed by atoms with E-state index < -0.39 is 0 Å². The molecule has 6 heteroatoms. The van der Waals surface area contributed by atoms with Crippen molar-refractivity contribution >= 4 is 30.7 Å². The highest BCUT2D eigenvalue weighted by atomic mass is 35.5. The summed E-state index contributed by atoms with van der Waals surface area (Å²) in [6.45, 7) is 5.00. The normalized spacial score (nSPS) is 15.0. The molecule has 0 saturated carbocycles. The summed E-state index contributed by atoms with van der Waals surface area (Å²) >= 11 is 0. The Morgan fingerprint density at radius 3 is 2.42 bits per heavy atom. The Morgan fingerprint density at radius 2 is 1.77 bits per heavy atom. The van der Waals surface area contributed by atoms with Gasteiger partial charge < -0.3 is 16.0 Å². The maximum Gasteiger partial charge on any atom is 0.220 e. The molecule has 1 saturated heterocycles. The Kier molecular flexibility index (Phi) is 14.8.